The van der Waals surface area contributed by atoms with Gasteiger partial charge in [0.05, 0.1) is 0 Å². The maximum atomic E-state index is 5.66. The van der Waals surface area contributed by atoms with Crippen molar-refractivity contribution in [2.75, 3.05) is 11.4 Å². The van der Waals surface area contributed by atoms with Crippen LogP contribution in [0.5, 0.6) is 0 Å². The van der Waals surface area contributed by atoms with Crippen molar-refractivity contribution in [1.82, 2.24) is 0 Å². The fourth-order valence-corrected chi connectivity index (χ4v) is 2.90. The van der Waals surface area contributed by atoms with Crippen LogP contribution < -0.4 is 10.6 Å². The number of nitrogens with zero attached hydrogens (tertiary/aromatic N) is 1. The second-order valence-electron chi connectivity index (χ2n) is 5.15. The van der Waals surface area contributed by atoms with E-state index in [-0.39, 0.29) is 0 Å². The van der Waals surface area contributed by atoms with E-state index in [9.17, 15) is 0 Å². The lowest BCUT2D eigenvalue weighted by Gasteiger charge is -2.25. The van der Waals surface area contributed by atoms with Crippen LogP contribution in [0.25, 0.3) is 0 Å². The van der Waals surface area contributed by atoms with E-state index in [4.69, 9.17) is 18.0 Å². The van der Waals surface area contributed by atoms with Crippen molar-refractivity contribution in [3.63, 3.8) is 0 Å². The lowest BCUT2D eigenvalue weighted by molar-refractivity contribution is 0.761. The van der Waals surface area contributed by atoms with Gasteiger partial charge in [-0.15, -0.1) is 0 Å². The maximum absolute atomic E-state index is 5.66. The Bertz CT molecular complexity index is 619. The monoisotopic (exact) mass is 282 g/mol. The van der Waals surface area contributed by atoms with Crippen LogP contribution in [0.4, 0.5) is 11.4 Å². The average Bonchev–Trinajstić information content (AvgIpc) is 2.69. The number of hydrogen-bond acceptors (Lipinski definition) is 2. The summed E-state index contributed by atoms with van der Waals surface area (Å²) < 4.78 is 0. The molecule has 1 heterocycles. The van der Waals surface area contributed by atoms with Gasteiger partial charge >= 0.3 is 0 Å². The second-order valence-corrected chi connectivity index (χ2v) is 5.59. The van der Waals surface area contributed by atoms with Crippen LogP contribution in [0.15, 0.2) is 48.5 Å². The molecule has 2 aromatic carbocycles. The third-order valence-electron chi connectivity index (χ3n) is 3.82. The third kappa shape index (κ3) is 2.54. The summed E-state index contributed by atoms with van der Waals surface area (Å²) in [5.41, 5.74) is 10.6. The van der Waals surface area contributed by atoms with Crippen LogP contribution in [0, 0.1) is 0 Å². The predicted molar refractivity (Wildman–Crippen MR) is 88.7 cm³/mol. The Morgan fingerprint density at radius 2 is 1.75 bits per heavy atom. The topological polar surface area (TPSA) is 29.3 Å². The van der Waals surface area contributed by atoms with Gasteiger partial charge in [-0.25, -0.2) is 0 Å². The molecule has 102 valence electrons. The highest BCUT2D eigenvalue weighted by molar-refractivity contribution is 7.80. The average molecular weight is 282 g/mol. The molecule has 0 fully saturated rings. The molecule has 0 saturated heterocycles. The Labute approximate surface area is 125 Å². The zero-order valence-electron chi connectivity index (χ0n) is 11.4. The summed E-state index contributed by atoms with van der Waals surface area (Å²) in [5.74, 6) is 0. The van der Waals surface area contributed by atoms with Gasteiger partial charge in [-0.05, 0) is 55.2 Å². The Kier molecular flexibility index (Phi) is 3.70. The van der Waals surface area contributed by atoms with E-state index in [1.165, 1.54) is 29.8 Å². The van der Waals surface area contributed by atoms with Crippen LogP contribution in [-0.4, -0.2) is 11.5 Å². The summed E-state index contributed by atoms with van der Waals surface area (Å²) in [6, 6.07) is 16.9. The van der Waals surface area contributed by atoms with Crippen molar-refractivity contribution in [3.8, 4) is 0 Å². The quantitative estimate of drug-likeness (QED) is 0.850. The molecule has 0 amide bonds. The van der Waals surface area contributed by atoms with Gasteiger partial charge in [0.15, 0.2) is 0 Å². The van der Waals surface area contributed by atoms with E-state index in [0.717, 1.165) is 18.5 Å². The second kappa shape index (κ2) is 5.63. The normalized spacial score (nSPS) is 14.5. The molecule has 0 spiro atoms. The van der Waals surface area contributed by atoms with Crippen LogP contribution in [0.2, 0.25) is 0 Å². The lowest BCUT2D eigenvalue weighted by atomic mass is 10.1. The molecule has 3 rings (SSSR count). The van der Waals surface area contributed by atoms with Crippen molar-refractivity contribution in [1.29, 1.82) is 0 Å². The van der Waals surface area contributed by atoms with Crippen LogP contribution >= 0.6 is 12.2 Å². The molecule has 0 bridgehead atoms. The smallest absolute Gasteiger partial charge is 0.103 e. The predicted octanol–water partition coefficient (Wildman–Crippen LogP) is 3.80. The number of rotatable bonds is 2. The van der Waals surface area contributed by atoms with Crippen molar-refractivity contribution in [3.05, 3.63) is 59.7 Å². The number of aryl methyl sites for hydroxylation is 1. The number of para-hydroxylation sites is 1. The van der Waals surface area contributed by atoms with E-state index in [2.05, 4.69) is 41.3 Å². The lowest BCUT2D eigenvalue weighted by Crippen LogP contribution is -2.18. The molecule has 3 heteroatoms. The molecule has 2 nitrogen and oxygen atoms in total. The summed E-state index contributed by atoms with van der Waals surface area (Å²) in [5, 5.41) is 0. The van der Waals surface area contributed by atoms with Gasteiger partial charge < -0.3 is 10.6 Å². The highest BCUT2D eigenvalue weighted by atomic mass is 32.1. The van der Waals surface area contributed by atoms with Crippen molar-refractivity contribution in [2.24, 2.45) is 5.73 Å². The molecular formula is C17H18N2S. The van der Waals surface area contributed by atoms with Gasteiger partial charge in [0.1, 0.15) is 4.99 Å². The molecule has 0 aliphatic carbocycles. The van der Waals surface area contributed by atoms with Gasteiger partial charge in [-0.3, -0.25) is 0 Å². The standard InChI is InChI=1S/C17H18N2S/c18-17(20)14-8-10-15(11-9-14)19-12-4-3-6-13-5-1-2-7-16(13)19/h1-2,5,7-11H,3-4,6,12H2,(H2,18,20). The first-order chi connectivity index (χ1) is 9.75. The summed E-state index contributed by atoms with van der Waals surface area (Å²) in [6.07, 6.45) is 3.63. The minimum atomic E-state index is 0.452. The Balaban J connectivity index is 1.98. The summed E-state index contributed by atoms with van der Waals surface area (Å²) in [6.45, 7) is 1.06. The van der Waals surface area contributed by atoms with Crippen LogP contribution in [0.3, 0.4) is 0 Å². The van der Waals surface area contributed by atoms with Gasteiger partial charge in [0.25, 0.3) is 0 Å². The minimum Gasteiger partial charge on any atom is -0.389 e. The number of hydrogen-bond donors (Lipinski definition) is 1. The minimum absolute atomic E-state index is 0.452. The molecular weight excluding hydrogens is 264 g/mol. The van der Waals surface area contributed by atoms with Gasteiger partial charge in [-0.1, -0.05) is 30.4 Å². The Hall–Kier alpha value is -1.87. The highest BCUT2D eigenvalue weighted by Crippen LogP contribution is 2.32. The molecule has 20 heavy (non-hydrogen) atoms. The number of anilines is 2. The Morgan fingerprint density at radius 3 is 2.50 bits per heavy atom. The molecule has 0 aromatic heterocycles. The fraction of sp³-hybridized carbons (Fsp3) is 0.235. The van der Waals surface area contributed by atoms with E-state index in [0.29, 0.717) is 4.99 Å². The third-order valence-corrected chi connectivity index (χ3v) is 4.06. The number of fused-ring (bicyclic) bond motifs is 1. The van der Waals surface area contributed by atoms with E-state index in [1.807, 2.05) is 12.1 Å². The molecule has 0 saturated carbocycles. The van der Waals surface area contributed by atoms with E-state index >= 15 is 0 Å². The van der Waals surface area contributed by atoms with Crippen LogP contribution in [0.1, 0.15) is 24.0 Å². The SMILES string of the molecule is NC(=S)c1ccc(N2CCCCc3ccccc32)cc1. The largest absolute Gasteiger partial charge is 0.389 e. The molecule has 2 aromatic rings. The van der Waals surface area contributed by atoms with Gasteiger partial charge in [-0.2, -0.15) is 0 Å². The maximum Gasteiger partial charge on any atom is 0.103 e. The van der Waals surface area contributed by atoms with Crippen molar-refractivity contribution < 1.29 is 0 Å². The molecule has 0 radical (unpaired) electrons. The van der Waals surface area contributed by atoms with Crippen molar-refractivity contribution >= 4 is 28.6 Å². The zero-order valence-corrected chi connectivity index (χ0v) is 12.2. The van der Waals surface area contributed by atoms with Crippen LogP contribution in [-0.2, 0) is 6.42 Å². The number of nitrogens with two attached hydrogens (primary N) is 1. The highest BCUT2D eigenvalue weighted by Gasteiger charge is 2.16. The summed E-state index contributed by atoms with van der Waals surface area (Å²) in [4.78, 5) is 2.85. The van der Waals surface area contributed by atoms with Crippen molar-refractivity contribution in [2.45, 2.75) is 19.3 Å². The molecule has 2 N–H and O–H groups in total. The molecule has 0 atom stereocenters. The molecule has 1 aliphatic rings. The van der Waals surface area contributed by atoms with Gasteiger partial charge in [0, 0.05) is 23.5 Å². The number of thiocarbonyl (C=S) groups is 1. The van der Waals surface area contributed by atoms with Gasteiger partial charge in [0.2, 0.25) is 0 Å². The van der Waals surface area contributed by atoms with E-state index in [1.54, 1.807) is 0 Å². The zero-order chi connectivity index (χ0) is 13.9. The Morgan fingerprint density at radius 1 is 1.00 bits per heavy atom. The fourth-order valence-electron chi connectivity index (χ4n) is 2.77. The first kappa shape index (κ1) is 13.1. The molecule has 1 aliphatic heterocycles. The molecule has 0 unspecified atom stereocenters. The summed E-state index contributed by atoms with van der Waals surface area (Å²) in [7, 11) is 0. The number of benzene rings is 2. The summed E-state index contributed by atoms with van der Waals surface area (Å²) >= 11 is 5.01. The van der Waals surface area contributed by atoms with E-state index < -0.39 is 0 Å². The first-order valence-corrected chi connectivity index (χ1v) is 7.42. The first-order valence-electron chi connectivity index (χ1n) is 7.01.